The molecule has 30 heavy (non-hydrogen) atoms. The van der Waals surface area contributed by atoms with Crippen LogP contribution in [0.2, 0.25) is 0 Å². The van der Waals surface area contributed by atoms with Crippen molar-refractivity contribution in [2.45, 2.75) is 0 Å². The lowest BCUT2D eigenvalue weighted by Crippen LogP contribution is -1.94. The van der Waals surface area contributed by atoms with Gasteiger partial charge in [0.05, 0.1) is 17.5 Å². The Morgan fingerprint density at radius 3 is 2.50 bits per heavy atom. The molecular formula is C26H17F2NO. The van der Waals surface area contributed by atoms with Gasteiger partial charge in [-0.15, -0.1) is 0 Å². The summed E-state index contributed by atoms with van der Waals surface area (Å²) in [5, 5.41) is 1.68. The number of aromatic nitrogens is 1. The summed E-state index contributed by atoms with van der Waals surface area (Å²) in [6, 6.07) is 18.4. The molecule has 1 aromatic heterocycles. The van der Waals surface area contributed by atoms with Gasteiger partial charge in [-0.05, 0) is 59.3 Å². The lowest BCUT2D eigenvalue weighted by Gasteiger charge is -2.05. The van der Waals surface area contributed by atoms with Crippen LogP contribution in [0.5, 0.6) is 5.75 Å². The molecule has 4 rings (SSSR count). The summed E-state index contributed by atoms with van der Waals surface area (Å²) in [5.41, 5.74) is 2.32. The predicted octanol–water partition coefficient (Wildman–Crippen LogP) is 6.14. The van der Waals surface area contributed by atoms with Crippen LogP contribution in [-0.4, -0.2) is 11.6 Å². The molecule has 1 heterocycles. The molecule has 0 aliphatic carbocycles. The summed E-state index contributed by atoms with van der Waals surface area (Å²) in [5.74, 6) is 5.76. The average molecular weight is 397 g/mol. The quantitative estimate of drug-likeness (QED) is 0.305. The summed E-state index contributed by atoms with van der Waals surface area (Å²) in [6.45, 7) is 4.00. The molecule has 0 bridgehead atoms. The Balaban J connectivity index is 1.55. The van der Waals surface area contributed by atoms with E-state index in [1.54, 1.807) is 54.7 Å². The molecule has 0 saturated carbocycles. The fourth-order valence-corrected chi connectivity index (χ4v) is 3.00. The van der Waals surface area contributed by atoms with Gasteiger partial charge >= 0.3 is 0 Å². The van der Waals surface area contributed by atoms with E-state index in [9.17, 15) is 8.78 Å². The minimum absolute atomic E-state index is 0.281. The number of hydrogen-bond acceptors (Lipinski definition) is 2. The van der Waals surface area contributed by atoms with E-state index in [1.165, 1.54) is 18.2 Å². The van der Waals surface area contributed by atoms with Gasteiger partial charge in [0.1, 0.15) is 24.0 Å². The highest BCUT2D eigenvalue weighted by Crippen LogP contribution is 2.22. The molecule has 0 atom stereocenters. The predicted molar refractivity (Wildman–Crippen MR) is 115 cm³/mol. The second kappa shape index (κ2) is 8.59. The fourth-order valence-electron chi connectivity index (χ4n) is 3.00. The van der Waals surface area contributed by atoms with Crippen LogP contribution >= 0.6 is 0 Å². The van der Waals surface area contributed by atoms with Gasteiger partial charge in [0.2, 0.25) is 0 Å². The molecule has 4 heteroatoms. The molecular weight excluding hydrogens is 380 g/mol. The second-order valence-electron chi connectivity index (χ2n) is 6.63. The zero-order valence-corrected chi connectivity index (χ0v) is 16.0. The van der Waals surface area contributed by atoms with E-state index in [-0.39, 0.29) is 5.82 Å². The number of pyridine rings is 1. The molecule has 146 valence electrons. The van der Waals surface area contributed by atoms with Crippen LogP contribution in [0.4, 0.5) is 8.78 Å². The number of ether oxygens (including phenoxy) is 1. The first kappa shape index (κ1) is 19.4. The largest absolute Gasteiger partial charge is 0.488 e. The highest BCUT2D eigenvalue weighted by Gasteiger charge is 2.05. The molecule has 0 fully saturated rings. The number of halogens is 2. The molecule has 0 saturated heterocycles. The second-order valence-corrected chi connectivity index (χ2v) is 6.63. The van der Waals surface area contributed by atoms with Crippen LogP contribution in [0, 0.1) is 23.5 Å². The number of rotatable bonds is 4. The Hall–Kier alpha value is -3.97. The van der Waals surface area contributed by atoms with Gasteiger partial charge in [-0.25, -0.2) is 8.78 Å². The molecule has 4 aromatic rings. The maximum atomic E-state index is 14.6. The Bertz CT molecular complexity index is 1280. The van der Waals surface area contributed by atoms with Crippen molar-refractivity contribution in [2.24, 2.45) is 0 Å². The first-order valence-electron chi connectivity index (χ1n) is 9.33. The zero-order chi connectivity index (χ0) is 20.9. The molecule has 0 amide bonds. The fraction of sp³-hybridized carbons (Fsp3) is 0.0385. The molecule has 0 aliphatic rings. The number of nitrogens with zero attached hydrogens (tertiary/aromatic N) is 1. The molecule has 3 aromatic carbocycles. The third-order valence-electron chi connectivity index (χ3n) is 4.51. The Labute approximate surface area is 173 Å². The van der Waals surface area contributed by atoms with Crippen molar-refractivity contribution in [3.63, 3.8) is 0 Å². The van der Waals surface area contributed by atoms with Crippen LogP contribution in [-0.2, 0) is 0 Å². The number of fused-ring (bicyclic) bond motifs is 1. The first-order valence-corrected chi connectivity index (χ1v) is 9.33. The van der Waals surface area contributed by atoms with E-state index in [1.807, 2.05) is 6.07 Å². The Kier molecular flexibility index (Phi) is 5.54. The number of hydrogen-bond donors (Lipinski definition) is 0. The smallest absolute Gasteiger partial charge is 0.139 e. The normalized spacial score (nSPS) is 10.3. The minimum atomic E-state index is -0.420. The standard InChI is InChI=1S/C26H17F2NO/c1-2-13-30-24-11-12-26(29-17-24)22-8-7-19(25(28)16-22)5-3-18-4-6-21-15-23(27)10-9-20(21)14-18/h2,4,6-12,14-17H,1,13H2. The summed E-state index contributed by atoms with van der Waals surface area (Å²) in [7, 11) is 0. The van der Waals surface area contributed by atoms with Crippen LogP contribution in [0.15, 0.2) is 85.6 Å². The third kappa shape index (κ3) is 4.37. The van der Waals surface area contributed by atoms with Crippen molar-refractivity contribution < 1.29 is 13.5 Å². The summed E-state index contributed by atoms with van der Waals surface area (Å²) in [6.07, 6.45) is 3.25. The van der Waals surface area contributed by atoms with Gasteiger partial charge in [-0.1, -0.05) is 42.7 Å². The Morgan fingerprint density at radius 2 is 1.73 bits per heavy atom. The molecule has 0 spiro atoms. The third-order valence-corrected chi connectivity index (χ3v) is 4.51. The van der Waals surface area contributed by atoms with Crippen molar-refractivity contribution in [1.29, 1.82) is 0 Å². The van der Waals surface area contributed by atoms with Gasteiger partial charge in [-0.2, -0.15) is 0 Å². The van der Waals surface area contributed by atoms with Crippen molar-refractivity contribution in [1.82, 2.24) is 4.98 Å². The van der Waals surface area contributed by atoms with Crippen molar-refractivity contribution >= 4 is 10.8 Å². The first-order chi connectivity index (χ1) is 14.6. The highest BCUT2D eigenvalue weighted by atomic mass is 19.1. The van der Waals surface area contributed by atoms with Gasteiger partial charge < -0.3 is 4.74 Å². The average Bonchev–Trinajstić information content (AvgIpc) is 2.77. The van der Waals surface area contributed by atoms with Gasteiger partial charge in [0, 0.05) is 11.1 Å². The maximum absolute atomic E-state index is 14.6. The Morgan fingerprint density at radius 1 is 0.900 bits per heavy atom. The van der Waals surface area contributed by atoms with Gasteiger partial charge in [-0.3, -0.25) is 4.98 Å². The van der Waals surface area contributed by atoms with Crippen LogP contribution in [0.1, 0.15) is 11.1 Å². The van der Waals surface area contributed by atoms with Gasteiger partial charge in [0.25, 0.3) is 0 Å². The highest BCUT2D eigenvalue weighted by molar-refractivity contribution is 5.84. The SMILES string of the molecule is C=CCOc1ccc(-c2ccc(C#Cc3ccc4cc(F)ccc4c3)c(F)c2)nc1. The summed E-state index contributed by atoms with van der Waals surface area (Å²) >= 11 is 0. The van der Waals surface area contributed by atoms with Crippen LogP contribution in [0.3, 0.4) is 0 Å². The number of benzene rings is 3. The minimum Gasteiger partial charge on any atom is -0.488 e. The summed E-state index contributed by atoms with van der Waals surface area (Å²) < 4.78 is 33.3. The van der Waals surface area contributed by atoms with Crippen LogP contribution in [0.25, 0.3) is 22.0 Å². The zero-order valence-electron chi connectivity index (χ0n) is 16.0. The van der Waals surface area contributed by atoms with E-state index in [0.29, 0.717) is 29.2 Å². The molecule has 0 N–H and O–H groups in total. The molecule has 0 aliphatic heterocycles. The van der Waals surface area contributed by atoms with E-state index in [2.05, 4.69) is 23.4 Å². The molecule has 2 nitrogen and oxygen atoms in total. The van der Waals surface area contributed by atoms with Crippen molar-refractivity contribution in [3.8, 4) is 28.8 Å². The van der Waals surface area contributed by atoms with Crippen molar-refractivity contribution in [2.75, 3.05) is 6.61 Å². The monoisotopic (exact) mass is 397 g/mol. The molecule has 0 radical (unpaired) electrons. The molecule has 0 unspecified atom stereocenters. The maximum Gasteiger partial charge on any atom is 0.139 e. The van der Waals surface area contributed by atoms with Gasteiger partial charge in [0.15, 0.2) is 0 Å². The van der Waals surface area contributed by atoms with E-state index < -0.39 is 5.82 Å². The lowest BCUT2D eigenvalue weighted by atomic mass is 10.1. The summed E-state index contributed by atoms with van der Waals surface area (Å²) in [4.78, 5) is 4.31. The lowest BCUT2D eigenvalue weighted by molar-refractivity contribution is 0.362. The van der Waals surface area contributed by atoms with Crippen LogP contribution < -0.4 is 4.74 Å². The van der Waals surface area contributed by atoms with E-state index in [0.717, 1.165) is 16.3 Å². The van der Waals surface area contributed by atoms with E-state index in [4.69, 9.17) is 4.74 Å². The van der Waals surface area contributed by atoms with E-state index >= 15 is 0 Å². The topological polar surface area (TPSA) is 22.1 Å². The van der Waals surface area contributed by atoms with Crippen molar-refractivity contribution in [3.05, 3.63) is 108 Å².